The average molecular weight is 544 g/mol. The van der Waals surface area contributed by atoms with E-state index in [0.717, 1.165) is 52.1 Å². The van der Waals surface area contributed by atoms with Gasteiger partial charge in [-0.15, -0.1) is 0 Å². The summed E-state index contributed by atoms with van der Waals surface area (Å²) >= 11 is 3.45. The second kappa shape index (κ2) is 9.40. The number of pyridine rings is 1. The van der Waals surface area contributed by atoms with Crippen LogP contribution in [0.4, 0.5) is 5.82 Å². The number of oxazole rings is 1. The van der Waals surface area contributed by atoms with Crippen molar-refractivity contribution in [2.45, 2.75) is 39.0 Å². The Morgan fingerprint density at radius 1 is 1.28 bits per heavy atom. The lowest BCUT2D eigenvalue weighted by Gasteiger charge is -2.21. The molecule has 36 heavy (non-hydrogen) atoms. The van der Waals surface area contributed by atoms with E-state index in [4.69, 9.17) is 15.1 Å². The predicted molar refractivity (Wildman–Crippen MR) is 143 cm³/mol. The summed E-state index contributed by atoms with van der Waals surface area (Å²) in [6.45, 7) is 7.67. The van der Waals surface area contributed by atoms with Crippen molar-refractivity contribution in [3.8, 4) is 17.5 Å². The van der Waals surface area contributed by atoms with Crippen molar-refractivity contribution in [3.63, 3.8) is 0 Å². The summed E-state index contributed by atoms with van der Waals surface area (Å²) in [6, 6.07) is 13.5. The van der Waals surface area contributed by atoms with E-state index < -0.39 is 5.91 Å². The van der Waals surface area contributed by atoms with Gasteiger partial charge in [0.15, 0.2) is 5.58 Å². The van der Waals surface area contributed by atoms with Crippen molar-refractivity contribution in [1.82, 2.24) is 9.97 Å². The number of nitrogens with two attached hydrogens (primary N) is 1. The number of carbonyl (C=O) groups excluding carboxylic acids is 1. The number of nitriles is 1. The van der Waals surface area contributed by atoms with Crippen LogP contribution in [0.25, 0.3) is 22.6 Å². The number of benzene rings is 2. The van der Waals surface area contributed by atoms with Gasteiger partial charge in [-0.1, -0.05) is 13.8 Å². The number of halogens is 1. The highest BCUT2D eigenvalue weighted by Gasteiger charge is 2.31. The van der Waals surface area contributed by atoms with E-state index in [-0.39, 0.29) is 11.8 Å². The maximum absolute atomic E-state index is 12.2. The molecule has 4 aromatic rings. The molecule has 1 aliphatic rings. The van der Waals surface area contributed by atoms with Gasteiger partial charge in [0.05, 0.1) is 11.6 Å². The first-order chi connectivity index (χ1) is 17.3. The van der Waals surface area contributed by atoms with Crippen LogP contribution >= 0.6 is 15.9 Å². The second-order valence-corrected chi connectivity index (χ2v) is 10.4. The number of amides is 1. The number of hydrogen-bond acceptors (Lipinski definition) is 6. The highest BCUT2D eigenvalue weighted by Crippen LogP contribution is 2.40. The van der Waals surface area contributed by atoms with Gasteiger partial charge in [-0.3, -0.25) is 4.79 Å². The van der Waals surface area contributed by atoms with Crippen LogP contribution in [-0.4, -0.2) is 29.0 Å². The Labute approximate surface area is 218 Å². The van der Waals surface area contributed by atoms with E-state index in [2.05, 4.69) is 45.7 Å². The molecule has 2 aromatic heterocycles. The fourth-order valence-electron chi connectivity index (χ4n) is 5.13. The highest BCUT2D eigenvalue weighted by molar-refractivity contribution is 9.10. The molecule has 3 heterocycles. The molecule has 7 nitrogen and oxygen atoms in total. The molecule has 0 bridgehead atoms. The summed E-state index contributed by atoms with van der Waals surface area (Å²) in [5.74, 6) is 1.25. The van der Waals surface area contributed by atoms with Crippen molar-refractivity contribution in [1.29, 1.82) is 5.26 Å². The minimum atomic E-state index is -0.456. The Hall–Kier alpha value is -3.70. The van der Waals surface area contributed by atoms with Crippen LogP contribution in [-0.2, 0) is 0 Å². The summed E-state index contributed by atoms with van der Waals surface area (Å²) in [5.41, 5.74) is 11.8. The molecule has 5 rings (SSSR count). The van der Waals surface area contributed by atoms with E-state index in [1.165, 1.54) is 0 Å². The van der Waals surface area contributed by atoms with Crippen molar-refractivity contribution >= 4 is 38.8 Å². The normalized spacial score (nSPS) is 15.6. The lowest BCUT2D eigenvalue weighted by atomic mass is 9.86. The van der Waals surface area contributed by atoms with Crippen LogP contribution in [0.15, 0.2) is 51.5 Å². The molecule has 0 saturated carbocycles. The van der Waals surface area contributed by atoms with Gasteiger partial charge in [0.25, 0.3) is 0 Å². The van der Waals surface area contributed by atoms with E-state index in [9.17, 15) is 10.1 Å². The average Bonchev–Trinajstić information content (AvgIpc) is 3.50. The molecule has 1 aliphatic heterocycles. The third-order valence-corrected chi connectivity index (χ3v) is 7.38. The molecule has 0 radical (unpaired) electrons. The standard InChI is InChI=1S/C28H26BrN5O2/c1-15(2)22-10-17(12-30)11-23-26(22)36-28(33-23)21-6-5-20(27(31)35)16(3)25(21)18-8-9-34(14-18)24-7-4-19(29)13-32-24/h4-7,10-11,13,15,18H,8-9,14H2,1-3H3,(H2,31,35). The molecule has 1 atom stereocenters. The van der Waals surface area contributed by atoms with E-state index >= 15 is 0 Å². The van der Waals surface area contributed by atoms with Gasteiger partial charge >= 0.3 is 0 Å². The third-order valence-electron chi connectivity index (χ3n) is 6.91. The zero-order chi connectivity index (χ0) is 25.6. The van der Waals surface area contributed by atoms with Gasteiger partial charge in [0.1, 0.15) is 11.3 Å². The molecule has 1 fully saturated rings. The zero-order valence-electron chi connectivity index (χ0n) is 20.4. The number of anilines is 1. The number of nitrogens with zero attached hydrogens (tertiary/aromatic N) is 4. The van der Waals surface area contributed by atoms with E-state index in [1.807, 2.05) is 31.2 Å². The fourth-order valence-corrected chi connectivity index (χ4v) is 5.37. The summed E-state index contributed by atoms with van der Waals surface area (Å²) in [4.78, 5) is 23.8. The smallest absolute Gasteiger partial charge is 0.248 e. The summed E-state index contributed by atoms with van der Waals surface area (Å²) in [6.07, 6.45) is 2.69. The summed E-state index contributed by atoms with van der Waals surface area (Å²) in [7, 11) is 0. The molecule has 2 N–H and O–H groups in total. The van der Waals surface area contributed by atoms with Gasteiger partial charge in [0, 0.05) is 46.4 Å². The Bertz CT molecular complexity index is 1520. The number of hydrogen-bond donors (Lipinski definition) is 1. The first-order valence-corrected chi connectivity index (χ1v) is 12.7. The van der Waals surface area contributed by atoms with Crippen LogP contribution in [0.3, 0.4) is 0 Å². The molecule has 182 valence electrons. The maximum Gasteiger partial charge on any atom is 0.248 e. The van der Waals surface area contributed by atoms with Crippen LogP contribution in [0, 0.1) is 18.3 Å². The minimum Gasteiger partial charge on any atom is -0.436 e. The number of fused-ring (bicyclic) bond motifs is 1. The van der Waals surface area contributed by atoms with E-state index in [1.54, 1.807) is 18.3 Å². The quantitative estimate of drug-likeness (QED) is 0.328. The molecule has 0 aliphatic carbocycles. The summed E-state index contributed by atoms with van der Waals surface area (Å²) < 4.78 is 7.29. The molecule has 1 amide bonds. The molecule has 1 unspecified atom stereocenters. The van der Waals surface area contributed by atoms with Gasteiger partial charge in [-0.05, 0) is 82.7 Å². The van der Waals surface area contributed by atoms with Crippen LogP contribution in [0.5, 0.6) is 0 Å². The molecular formula is C28H26BrN5O2. The lowest BCUT2D eigenvalue weighted by molar-refractivity contribution is 0.0999. The highest BCUT2D eigenvalue weighted by atomic mass is 79.9. The Morgan fingerprint density at radius 3 is 2.75 bits per heavy atom. The van der Waals surface area contributed by atoms with Crippen LogP contribution < -0.4 is 10.6 Å². The van der Waals surface area contributed by atoms with Gasteiger partial charge in [0.2, 0.25) is 11.8 Å². The molecule has 1 saturated heterocycles. The Balaban J connectivity index is 1.63. The number of carbonyl (C=O) groups is 1. The molecule has 2 aromatic carbocycles. The van der Waals surface area contributed by atoms with Gasteiger partial charge in [-0.25, -0.2) is 9.97 Å². The maximum atomic E-state index is 12.2. The van der Waals surface area contributed by atoms with Gasteiger partial charge < -0.3 is 15.1 Å². The fraction of sp³-hybridized carbons (Fsp3) is 0.286. The largest absolute Gasteiger partial charge is 0.436 e. The van der Waals surface area contributed by atoms with Crippen molar-refractivity contribution in [2.24, 2.45) is 5.73 Å². The van der Waals surface area contributed by atoms with E-state index in [0.29, 0.717) is 28.1 Å². The van der Waals surface area contributed by atoms with Crippen molar-refractivity contribution in [2.75, 3.05) is 18.0 Å². The Morgan fingerprint density at radius 2 is 2.08 bits per heavy atom. The minimum absolute atomic E-state index is 0.138. The van der Waals surface area contributed by atoms with Crippen LogP contribution in [0.2, 0.25) is 0 Å². The molecule has 8 heteroatoms. The predicted octanol–water partition coefficient (Wildman–Crippen LogP) is 6.05. The first-order valence-electron chi connectivity index (χ1n) is 11.9. The van der Waals surface area contributed by atoms with Gasteiger partial charge in [-0.2, -0.15) is 5.26 Å². The lowest BCUT2D eigenvalue weighted by Crippen LogP contribution is -2.21. The number of aromatic nitrogens is 2. The van der Waals surface area contributed by atoms with Crippen LogP contribution in [0.1, 0.15) is 64.7 Å². The topological polar surface area (TPSA) is 109 Å². The Kier molecular flexibility index (Phi) is 6.27. The third kappa shape index (κ3) is 4.24. The number of rotatable bonds is 5. The van der Waals surface area contributed by atoms with Crippen molar-refractivity contribution in [3.05, 3.63) is 74.9 Å². The van der Waals surface area contributed by atoms with Crippen molar-refractivity contribution < 1.29 is 9.21 Å². The zero-order valence-corrected chi connectivity index (χ0v) is 22.0. The summed E-state index contributed by atoms with van der Waals surface area (Å²) in [5, 5.41) is 9.50. The number of primary amides is 1. The monoisotopic (exact) mass is 543 g/mol. The molecular weight excluding hydrogens is 518 g/mol. The first kappa shape index (κ1) is 24.0. The second-order valence-electron chi connectivity index (χ2n) is 9.53. The molecule has 0 spiro atoms. The SMILES string of the molecule is Cc1c(C(N)=O)ccc(-c2nc3cc(C#N)cc(C(C)C)c3o2)c1C1CCN(c2ccc(Br)cn2)C1.